The molecule has 0 spiro atoms. The summed E-state index contributed by atoms with van der Waals surface area (Å²) in [6, 6.07) is 5.62. The largest absolute Gasteiger partial charge is 0.495 e. The van der Waals surface area contributed by atoms with E-state index in [1.165, 1.54) is 11.3 Å². The zero-order valence-corrected chi connectivity index (χ0v) is 13.1. The van der Waals surface area contributed by atoms with Gasteiger partial charge in [-0.2, -0.15) is 0 Å². The van der Waals surface area contributed by atoms with Crippen LogP contribution in [0.3, 0.4) is 0 Å². The molecule has 2 aromatic rings. The molecule has 0 aromatic carbocycles. The predicted octanol–water partition coefficient (Wildman–Crippen LogP) is 2.80. The standard InChI is InChI=1S/C16H18N2O3S/c1-20-13-6-10-22-15(13)16(19)18-12-3-2-9-21-14(12)11-4-7-17-8-5-11/h4-8,10,12,14H,2-3,9H2,1H3,(H,18,19)/t12-,14+/m0/s1. The van der Waals surface area contributed by atoms with Gasteiger partial charge in [-0.25, -0.2) is 0 Å². The minimum absolute atomic E-state index is 0.0459. The van der Waals surface area contributed by atoms with Crippen molar-refractivity contribution < 1.29 is 14.3 Å². The van der Waals surface area contributed by atoms with Crippen molar-refractivity contribution >= 4 is 17.2 Å². The molecule has 1 aliphatic heterocycles. The van der Waals surface area contributed by atoms with Crippen LogP contribution in [-0.4, -0.2) is 30.6 Å². The number of aromatic nitrogens is 1. The first-order valence-electron chi connectivity index (χ1n) is 7.23. The Morgan fingerprint density at radius 2 is 2.23 bits per heavy atom. The Hall–Kier alpha value is -1.92. The molecular weight excluding hydrogens is 300 g/mol. The van der Waals surface area contributed by atoms with E-state index < -0.39 is 0 Å². The number of rotatable bonds is 4. The molecule has 0 bridgehead atoms. The van der Waals surface area contributed by atoms with Crippen molar-refractivity contribution in [3.05, 3.63) is 46.4 Å². The molecule has 1 N–H and O–H groups in total. The van der Waals surface area contributed by atoms with Crippen molar-refractivity contribution in [1.82, 2.24) is 10.3 Å². The summed E-state index contributed by atoms with van der Waals surface area (Å²) in [5.41, 5.74) is 1.04. The Morgan fingerprint density at radius 1 is 1.41 bits per heavy atom. The SMILES string of the molecule is COc1ccsc1C(=O)N[C@H]1CCCO[C@@H]1c1ccncc1. The number of amides is 1. The molecule has 22 heavy (non-hydrogen) atoms. The van der Waals surface area contributed by atoms with Crippen LogP contribution < -0.4 is 10.1 Å². The average molecular weight is 318 g/mol. The third-order valence-electron chi connectivity index (χ3n) is 3.73. The summed E-state index contributed by atoms with van der Waals surface area (Å²) in [6.07, 6.45) is 5.19. The van der Waals surface area contributed by atoms with Crippen molar-refractivity contribution in [2.45, 2.75) is 25.0 Å². The van der Waals surface area contributed by atoms with Crippen molar-refractivity contribution in [1.29, 1.82) is 0 Å². The van der Waals surface area contributed by atoms with E-state index in [9.17, 15) is 4.79 Å². The molecule has 1 fully saturated rings. The van der Waals surface area contributed by atoms with Crippen LogP contribution in [0.15, 0.2) is 36.0 Å². The molecule has 2 atom stereocenters. The van der Waals surface area contributed by atoms with Crippen molar-refractivity contribution in [2.75, 3.05) is 13.7 Å². The molecule has 1 amide bonds. The minimum atomic E-state index is -0.133. The van der Waals surface area contributed by atoms with Crippen molar-refractivity contribution in [2.24, 2.45) is 0 Å². The quantitative estimate of drug-likeness (QED) is 0.941. The fraction of sp³-hybridized carbons (Fsp3) is 0.375. The summed E-state index contributed by atoms with van der Waals surface area (Å²) in [4.78, 5) is 17.1. The van der Waals surface area contributed by atoms with Gasteiger partial charge in [-0.1, -0.05) is 0 Å². The third kappa shape index (κ3) is 3.13. The van der Waals surface area contributed by atoms with Crippen LogP contribution in [0.1, 0.15) is 34.2 Å². The van der Waals surface area contributed by atoms with E-state index >= 15 is 0 Å². The molecule has 1 saturated heterocycles. The van der Waals surface area contributed by atoms with Crippen LogP contribution >= 0.6 is 11.3 Å². The molecule has 3 heterocycles. The zero-order valence-electron chi connectivity index (χ0n) is 12.3. The first-order valence-corrected chi connectivity index (χ1v) is 8.11. The monoisotopic (exact) mass is 318 g/mol. The lowest BCUT2D eigenvalue weighted by Gasteiger charge is -2.32. The minimum Gasteiger partial charge on any atom is -0.495 e. The van der Waals surface area contributed by atoms with Crippen LogP contribution in [-0.2, 0) is 4.74 Å². The summed E-state index contributed by atoms with van der Waals surface area (Å²) in [6.45, 7) is 0.710. The second-order valence-electron chi connectivity index (χ2n) is 5.11. The molecule has 3 rings (SSSR count). The Labute approximate surface area is 133 Å². The van der Waals surface area contributed by atoms with Gasteiger partial charge in [0.2, 0.25) is 0 Å². The van der Waals surface area contributed by atoms with Crippen molar-refractivity contribution in [3.8, 4) is 5.75 Å². The van der Waals surface area contributed by atoms with Crippen LogP contribution in [0, 0.1) is 0 Å². The number of hydrogen-bond donors (Lipinski definition) is 1. The number of pyridine rings is 1. The number of methoxy groups -OCH3 is 1. The van der Waals surface area contributed by atoms with E-state index in [0.29, 0.717) is 17.2 Å². The first kappa shape index (κ1) is 15.0. The van der Waals surface area contributed by atoms with Gasteiger partial charge in [0.15, 0.2) is 0 Å². The lowest BCUT2D eigenvalue weighted by atomic mass is 9.96. The fourth-order valence-electron chi connectivity index (χ4n) is 2.67. The van der Waals surface area contributed by atoms with E-state index in [0.717, 1.165) is 18.4 Å². The lowest BCUT2D eigenvalue weighted by molar-refractivity contribution is -0.00948. The summed E-state index contributed by atoms with van der Waals surface area (Å²) in [5, 5.41) is 4.94. The van der Waals surface area contributed by atoms with E-state index in [4.69, 9.17) is 9.47 Å². The number of thiophene rings is 1. The van der Waals surface area contributed by atoms with Gasteiger partial charge in [-0.15, -0.1) is 11.3 Å². The first-order chi connectivity index (χ1) is 10.8. The highest BCUT2D eigenvalue weighted by atomic mass is 32.1. The molecule has 0 radical (unpaired) electrons. The Bertz CT molecular complexity index is 629. The van der Waals surface area contributed by atoms with Crippen LogP contribution in [0.2, 0.25) is 0 Å². The van der Waals surface area contributed by atoms with E-state index in [1.807, 2.05) is 17.5 Å². The smallest absolute Gasteiger partial charge is 0.265 e. The molecule has 0 unspecified atom stereocenters. The molecule has 6 heteroatoms. The molecule has 0 aliphatic carbocycles. The van der Waals surface area contributed by atoms with E-state index in [1.54, 1.807) is 25.6 Å². The van der Waals surface area contributed by atoms with Gasteiger partial charge >= 0.3 is 0 Å². The lowest BCUT2D eigenvalue weighted by Crippen LogP contribution is -2.42. The van der Waals surface area contributed by atoms with E-state index in [-0.39, 0.29) is 18.1 Å². The molecular formula is C16H18N2O3S. The van der Waals surface area contributed by atoms with Crippen LogP contribution in [0.4, 0.5) is 0 Å². The van der Waals surface area contributed by atoms with Crippen LogP contribution in [0.25, 0.3) is 0 Å². The van der Waals surface area contributed by atoms with Gasteiger partial charge < -0.3 is 14.8 Å². The number of carbonyl (C=O) groups is 1. The number of carbonyl (C=O) groups excluding carboxylic acids is 1. The zero-order chi connectivity index (χ0) is 15.4. The summed E-state index contributed by atoms with van der Waals surface area (Å²) in [7, 11) is 1.57. The summed E-state index contributed by atoms with van der Waals surface area (Å²) in [5.74, 6) is 0.501. The maximum Gasteiger partial charge on any atom is 0.265 e. The Balaban J connectivity index is 1.76. The Morgan fingerprint density at radius 3 is 3.00 bits per heavy atom. The molecule has 116 valence electrons. The second kappa shape index (κ2) is 6.89. The number of ether oxygens (including phenoxy) is 2. The summed E-state index contributed by atoms with van der Waals surface area (Å²) >= 11 is 1.38. The van der Waals surface area contributed by atoms with Gasteiger partial charge in [0.1, 0.15) is 16.7 Å². The van der Waals surface area contributed by atoms with Gasteiger partial charge in [-0.3, -0.25) is 9.78 Å². The Kier molecular flexibility index (Phi) is 4.70. The highest BCUT2D eigenvalue weighted by Crippen LogP contribution is 2.30. The third-order valence-corrected chi connectivity index (χ3v) is 4.62. The van der Waals surface area contributed by atoms with E-state index in [2.05, 4.69) is 10.3 Å². The average Bonchev–Trinajstić information content (AvgIpc) is 3.05. The maximum absolute atomic E-state index is 12.5. The number of nitrogens with zero attached hydrogens (tertiary/aromatic N) is 1. The van der Waals surface area contributed by atoms with Gasteiger partial charge in [0.25, 0.3) is 5.91 Å². The maximum atomic E-state index is 12.5. The van der Waals surface area contributed by atoms with Gasteiger partial charge in [-0.05, 0) is 42.0 Å². The molecule has 0 saturated carbocycles. The second-order valence-corrected chi connectivity index (χ2v) is 6.03. The van der Waals surface area contributed by atoms with Gasteiger partial charge in [0.05, 0.1) is 13.2 Å². The highest BCUT2D eigenvalue weighted by molar-refractivity contribution is 7.12. The highest BCUT2D eigenvalue weighted by Gasteiger charge is 2.29. The molecule has 5 nitrogen and oxygen atoms in total. The molecule has 2 aromatic heterocycles. The normalized spacial score (nSPS) is 21.3. The predicted molar refractivity (Wildman–Crippen MR) is 84.3 cm³/mol. The topological polar surface area (TPSA) is 60.5 Å². The van der Waals surface area contributed by atoms with Crippen LogP contribution in [0.5, 0.6) is 5.75 Å². The summed E-state index contributed by atoms with van der Waals surface area (Å²) < 4.78 is 11.1. The van der Waals surface area contributed by atoms with Crippen molar-refractivity contribution in [3.63, 3.8) is 0 Å². The van der Waals surface area contributed by atoms with Gasteiger partial charge in [0, 0.05) is 19.0 Å². The number of hydrogen-bond acceptors (Lipinski definition) is 5. The molecule has 1 aliphatic rings. The number of nitrogens with one attached hydrogen (secondary N) is 1. The fourth-order valence-corrected chi connectivity index (χ4v) is 3.43.